The van der Waals surface area contributed by atoms with Gasteiger partial charge >= 0.3 is 0 Å². The minimum Gasteiger partial charge on any atom is -0.349 e. The number of hydrogen-bond donors (Lipinski definition) is 1. The van der Waals surface area contributed by atoms with Crippen LogP contribution in [0.25, 0.3) is 5.69 Å². The van der Waals surface area contributed by atoms with Gasteiger partial charge in [-0.3, -0.25) is 9.59 Å². The van der Waals surface area contributed by atoms with E-state index < -0.39 is 0 Å². The van der Waals surface area contributed by atoms with Crippen LogP contribution < -0.4 is 5.32 Å². The molecule has 1 saturated heterocycles. The van der Waals surface area contributed by atoms with Crippen molar-refractivity contribution in [2.45, 2.75) is 32.7 Å². The monoisotopic (exact) mass is 428 g/mol. The lowest BCUT2D eigenvalue weighted by atomic mass is 10.0. The second-order valence-corrected chi connectivity index (χ2v) is 8.12. The molecule has 0 atom stereocenters. The zero-order valence-corrected chi connectivity index (χ0v) is 18.1. The highest BCUT2D eigenvalue weighted by atomic mass is 16.2. The van der Waals surface area contributed by atoms with Crippen molar-refractivity contribution in [3.8, 4) is 11.8 Å². The van der Waals surface area contributed by atoms with Crippen LogP contribution in [0.4, 0.5) is 0 Å². The van der Waals surface area contributed by atoms with Crippen LogP contribution in [-0.2, 0) is 0 Å². The van der Waals surface area contributed by atoms with Gasteiger partial charge in [-0.2, -0.15) is 5.26 Å². The van der Waals surface area contributed by atoms with E-state index in [1.807, 2.05) is 32.0 Å². The van der Waals surface area contributed by atoms with Gasteiger partial charge in [0, 0.05) is 24.7 Å². The van der Waals surface area contributed by atoms with Crippen LogP contribution in [0.15, 0.2) is 48.7 Å². The summed E-state index contributed by atoms with van der Waals surface area (Å²) >= 11 is 0. The Morgan fingerprint density at radius 1 is 1.06 bits per heavy atom. The van der Waals surface area contributed by atoms with E-state index in [2.05, 4.69) is 21.7 Å². The number of benzene rings is 2. The third-order valence-corrected chi connectivity index (χ3v) is 5.58. The van der Waals surface area contributed by atoms with E-state index in [-0.39, 0.29) is 17.9 Å². The molecule has 32 heavy (non-hydrogen) atoms. The highest BCUT2D eigenvalue weighted by molar-refractivity contribution is 5.94. The number of aromatic nitrogens is 3. The first-order valence-electron chi connectivity index (χ1n) is 10.5. The summed E-state index contributed by atoms with van der Waals surface area (Å²) < 4.78 is 1.62. The smallest absolute Gasteiger partial charge is 0.276 e. The molecular formula is C24H24N6O2. The molecule has 3 aromatic rings. The summed E-state index contributed by atoms with van der Waals surface area (Å²) in [6.07, 6.45) is 2.99. The second kappa shape index (κ2) is 9.02. The number of nitriles is 1. The Morgan fingerprint density at radius 2 is 1.72 bits per heavy atom. The fraction of sp³-hybridized carbons (Fsp3) is 0.292. The number of nitrogens with one attached hydrogen (secondary N) is 1. The zero-order chi connectivity index (χ0) is 22.7. The molecule has 8 heteroatoms. The number of piperidine rings is 1. The molecule has 1 aliphatic heterocycles. The van der Waals surface area contributed by atoms with Gasteiger partial charge in [0.15, 0.2) is 5.69 Å². The van der Waals surface area contributed by atoms with E-state index in [0.29, 0.717) is 42.8 Å². The molecule has 0 aliphatic carbocycles. The van der Waals surface area contributed by atoms with Gasteiger partial charge in [0.25, 0.3) is 11.8 Å². The van der Waals surface area contributed by atoms with Crippen LogP contribution in [0.1, 0.15) is 50.4 Å². The Hall–Kier alpha value is -3.99. The van der Waals surface area contributed by atoms with Crippen LogP contribution in [0.3, 0.4) is 0 Å². The molecule has 1 N–H and O–H groups in total. The highest BCUT2D eigenvalue weighted by Gasteiger charge is 2.26. The SMILES string of the molecule is Cc1cc(C)cc(-n2cc(C(=O)N3CCC(NC(=O)c4ccc(C#N)cc4)CC3)nn2)c1. The Kier molecular flexibility index (Phi) is 5.99. The number of likely N-dealkylation sites (tertiary alicyclic amines) is 1. The summed E-state index contributed by atoms with van der Waals surface area (Å²) in [5.41, 5.74) is 4.46. The van der Waals surface area contributed by atoms with E-state index in [0.717, 1.165) is 16.8 Å². The number of hydrogen-bond acceptors (Lipinski definition) is 5. The van der Waals surface area contributed by atoms with Crippen molar-refractivity contribution >= 4 is 11.8 Å². The summed E-state index contributed by atoms with van der Waals surface area (Å²) in [7, 11) is 0. The van der Waals surface area contributed by atoms with Gasteiger partial charge in [-0.25, -0.2) is 4.68 Å². The summed E-state index contributed by atoms with van der Waals surface area (Å²) in [6.45, 7) is 5.11. The van der Waals surface area contributed by atoms with Crippen molar-refractivity contribution in [2.75, 3.05) is 13.1 Å². The Labute approximate surface area is 186 Å². The first-order valence-corrected chi connectivity index (χ1v) is 10.5. The van der Waals surface area contributed by atoms with Crippen LogP contribution in [-0.4, -0.2) is 50.8 Å². The van der Waals surface area contributed by atoms with Crippen molar-refractivity contribution in [3.05, 3.63) is 76.6 Å². The van der Waals surface area contributed by atoms with Crippen molar-refractivity contribution in [1.82, 2.24) is 25.2 Å². The van der Waals surface area contributed by atoms with Crippen LogP contribution in [0, 0.1) is 25.2 Å². The van der Waals surface area contributed by atoms with Gasteiger partial charge in [-0.05, 0) is 74.2 Å². The molecule has 4 rings (SSSR count). The minimum atomic E-state index is -0.171. The first-order chi connectivity index (χ1) is 15.4. The molecule has 2 heterocycles. The molecule has 1 aliphatic rings. The Bertz CT molecular complexity index is 1160. The molecule has 0 bridgehead atoms. The maximum Gasteiger partial charge on any atom is 0.276 e. The lowest BCUT2D eigenvalue weighted by Crippen LogP contribution is -2.46. The molecule has 0 unspecified atom stereocenters. The van der Waals surface area contributed by atoms with Gasteiger partial charge in [0.1, 0.15) is 0 Å². The molecule has 8 nitrogen and oxygen atoms in total. The molecule has 1 aromatic heterocycles. The number of amides is 2. The topological polar surface area (TPSA) is 104 Å². The molecule has 1 fully saturated rings. The van der Waals surface area contributed by atoms with E-state index >= 15 is 0 Å². The molecule has 162 valence electrons. The average Bonchev–Trinajstić information content (AvgIpc) is 3.29. The number of carbonyl (C=O) groups excluding carboxylic acids is 2. The maximum atomic E-state index is 12.9. The van der Waals surface area contributed by atoms with Crippen molar-refractivity contribution in [1.29, 1.82) is 5.26 Å². The van der Waals surface area contributed by atoms with Gasteiger partial charge < -0.3 is 10.2 Å². The number of rotatable bonds is 4. The Balaban J connectivity index is 1.34. The van der Waals surface area contributed by atoms with Gasteiger partial charge in [-0.15, -0.1) is 5.10 Å². The predicted octanol–water partition coefficient (Wildman–Crippen LogP) is 2.79. The normalized spacial score (nSPS) is 14.1. The quantitative estimate of drug-likeness (QED) is 0.688. The second-order valence-electron chi connectivity index (χ2n) is 8.12. The lowest BCUT2D eigenvalue weighted by molar-refractivity contribution is 0.0692. The summed E-state index contributed by atoms with van der Waals surface area (Å²) in [6, 6.07) is 14.7. The van der Waals surface area contributed by atoms with Gasteiger partial charge in [0.05, 0.1) is 23.5 Å². The standard InChI is InChI=1S/C24H24N6O2/c1-16-11-17(2)13-21(12-16)30-15-22(27-28-30)24(32)29-9-7-20(8-10-29)26-23(31)19-5-3-18(14-25)4-6-19/h3-6,11-13,15,20H,7-10H2,1-2H3,(H,26,31). The predicted molar refractivity (Wildman–Crippen MR) is 118 cm³/mol. The van der Waals surface area contributed by atoms with Gasteiger partial charge in [0.2, 0.25) is 0 Å². The van der Waals surface area contributed by atoms with E-state index in [1.54, 1.807) is 40.0 Å². The van der Waals surface area contributed by atoms with Crippen LogP contribution in [0.2, 0.25) is 0 Å². The molecule has 2 aromatic carbocycles. The van der Waals surface area contributed by atoms with Gasteiger partial charge in [-0.1, -0.05) is 11.3 Å². The first kappa shape index (κ1) is 21.2. The van der Waals surface area contributed by atoms with Crippen molar-refractivity contribution < 1.29 is 9.59 Å². The molecule has 0 saturated carbocycles. The number of nitrogens with zero attached hydrogens (tertiary/aromatic N) is 5. The average molecular weight is 428 g/mol. The van der Waals surface area contributed by atoms with E-state index in [4.69, 9.17) is 5.26 Å². The largest absolute Gasteiger partial charge is 0.349 e. The number of carbonyl (C=O) groups is 2. The van der Waals surface area contributed by atoms with Crippen molar-refractivity contribution in [3.63, 3.8) is 0 Å². The van der Waals surface area contributed by atoms with Crippen molar-refractivity contribution in [2.24, 2.45) is 0 Å². The van der Waals surface area contributed by atoms with Crippen LogP contribution >= 0.6 is 0 Å². The summed E-state index contributed by atoms with van der Waals surface area (Å²) in [5.74, 6) is -0.326. The zero-order valence-electron chi connectivity index (χ0n) is 18.1. The Morgan fingerprint density at radius 3 is 2.34 bits per heavy atom. The highest BCUT2D eigenvalue weighted by Crippen LogP contribution is 2.16. The molecule has 0 radical (unpaired) electrons. The van der Waals surface area contributed by atoms with E-state index in [9.17, 15) is 9.59 Å². The fourth-order valence-electron chi connectivity index (χ4n) is 3.92. The maximum absolute atomic E-state index is 12.9. The van der Waals surface area contributed by atoms with Crippen LogP contribution in [0.5, 0.6) is 0 Å². The molecule has 2 amide bonds. The minimum absolute atomic E-state index is 0.00635. The molecule has 0 spiro atoms. The lowest BCUT2D eigenvalue weighted by Gasteiger charge is -2.31. The van der Waals surface area contributed by atoms with E-state index in [1.165, 1.54) is 0 Å². The third-order valence-electron chi connectivity index (χ3n) is 5.58. The molecular weight excluding hydrogens is 404 g/mol. The number of aryl methyl sites for hydroxylation is 2. The fourth-order valence-corrected chi connectivity index (χ4v) is 3.92. The third kappa shape index (κ3) is 4.67. The summed E-state index contributed by atoms with van der Waals surface area (Å²) in [4.78, 5) is 27.1. The summed E-state index contributed by atoms with van der Waals surface area (Å²) in [5, 5.41) is 20.1.